The number of nitriles is 1. The summed E-state index contributed by atoms with van der Waals surface area (Å²) in [5.41, 5.74) is 1.63. The van der Waals surface area contributed by atoms with Gasteiger partial charge in [0, 0.05) is 19.2 Å². The highest BCUT2D eigenvalue weighted by molar-refractivity contribution is 5.45. The van der Waals surface area contributed by atoms with Crippen LogP contribution >= 0.6 is 0 Å². The van der Waals surface area contributed by atoms with Gasteiger partial charge >= 0.3 is 0 Å². The first-order valence-corrected chi connectivity index (χ1v) is 6.69. The molecule has 0 radical (unpaired) electrons. The molecule has 0 heterocycles. The molecule has 1 aromatic carbocycles. The second kappa shape index (κ2) is 6.55. The normalized spacial score (nSPS) is 15.8. The summed E-state index contributed by atoms with van der Waals surface area (Å²) >= 11 is 0. The van der Waals surface area contributed by atoms with E-state index in [9.17, 15) is 0 Å². The Morgan fingerprint density at radius 3 is 2.89 bits per heavy atom. The van der Waals surface area contributed by atoms with Gasteiger partial charge in [0.2, 0.25) is 0 Å². The molecule has 4 heteroatoms. The molecule has 1 aliphatic carbocycles. The molecule has 4 nitrogen and oxygen atoms in total. The summed E-state index contributed by atoms with van der Waals surface area (Å²) in [6.45, 7) is 0.945. The van der Waals surface area contributed by atoms with E-state index in [1.807, 2.05) is 18.2 Å². The average molecular weight is 260 g/mol. The molecule has 0 bridgehead atoms. The van der Waals surface area contributed by atoms with Gasteiger partial charge in [0.15, 0.2) is 0 Å². The molecule has 1 fully saturated rings. The first kappa shape index (κ1) is 13.9. The zero-order valence-electron chi connectivity index (χ0n) is 11.2. The molecule has 19 heavy (non-hydrogen) atoms. The van der Waals surface area contributed by atoms with E-state index < -0.39 is 0 Å². The largest absolute Gasteiger partial charge is 0.495 e. The predicted octanol–water partition coefficient (Wildman–Crippen LogP) is 1.82. The zero-order valence-corrected chi connectivity index (χ0v) is 11.2. The van der Waals surface area contributed by atoms with E-state index in [0.29, 0.717) is 23.3 Å². The fraction of sp³-hybridized carbons (Fsp3) is 0.533. The molecule has 102 valence electrons. The quantitative estimate of drug-likeness (QED) is 0.785. The number of aliphatic hydroxyl groups excluding tert-OH is 1. The number of nitrogens with one attached hydrogen (secondary N) is 1. The van der Waals surface area contributed by atoms with Crippen LogP contribution in [0, 0.1) is 17.2 Å². The fourth-order valence-electron chi connectivity index (χ4n) is 2.34. The van der Waals surface area contributed by atoms with Crippen LogP contribution in [0.2, 0.25) is 0 Å². The molecule has 0 aliphatic heterocycles. The van der Waals surface area contributed by atoms with E-state index in [0.717, 1.165) is 18.5 Å². The lowest BCUT2D eigenvalue weighted by Crippen LogP contribution is -2.31. The highest BCUT2D eigenvalue weighted by Crippen LogP contribution is 2.34. The smallest absolute Gasteiger partial charge is 0.136 e. The minimum Gasteiger partial charge on any atom is -0.495 e. The van der Waals surface area contributed by atoms with E-state index in [-0.39, 0.29) is 6.61 Å². The summed E-state index contributed by atoms with van der Waals surface area (Å²) in [7, 11) is 1.57. The Balaban J connectivity index is 1.97. The first-order chi connectivity index (χ1) is 9.28. The van der Waals surface area contributed by atoms with Crippen molar-refractivity contribution < 1.29 is 9.84 Å². The van der Waals surface area contributed by atoms with Crippen LogP contribution in [0.1, 0.15) is 30.4 Å². The van der Waals surface area contributed by atoms with Gasteiger partial charge in [0.05, 0.1) is 12.7 Å². The van der Waals surface area contributed by atoms with Crippen molar-refractivity contribution >= 4 is 0 Å². The topological polar surface area (TPSA) is 65.3 Å². The van der Waals surface area contributed by atoms with Crippen molar-refractivity contribution in [3.05, 3.63) is 29.3 Å². The molecule has 1 atom stereocenters. The second-order valence-corrected chi connectivity index (χ2v) is 4.98. The minimum atomic E-state index is 0.222. The molecular weight excluding hydrogens is 240 g/mol. The van der Waals surface area contributed by atoms with Crippen molar-refractivity contribution in [3.63, 3.8) is 0 Å². The molecule has 0 aromatic heterocycles. The third-order valence-corrected chi connectivity index (χ3v) is 3.58. The SMILES string of the molecule is COc1ccc(CNC(CCO)C2CC2)cc1C#N. The summed E-state index contributed by atoms with van der Waals surface area (Å²) < 4.78 is 5.13. The standard InChI is InChI=1S/C15H20N2O2/c1-19-15-5-2-11(8-13(15)9-16)10-17-14(6-7-18)12-3-4-12/h2,5,8,12,14,17-18H,3-4,6-7,10H2,1H3. The number of hydrogen-bond donors (Lipinski definition) is 2. The van der Waals surface area contributed by atoms with Crippen molar-refractivity contribution in [1.82, 2.24) is 5.32 Å². The number of nitrogens with zero attached hydrogens (tertiary/aromatic N) is 1. The van der Waals surface area contributed by atoms with Crippen LogP contribution in [0.15, 0.2) is 18.2 Å². The summed E-state index contributed by atoms with van der Waals surface area (Å²) in [5.74, 6) is 1.32. The van der Waals surface area contributed by atoms with Crippen molar-refractivity contribution in [1.29, 1.82) is 5.26 Å². The van der Waals surface area contributed by atoms with E-state index >= 15 is 0 Å². The van der Waals surface area contributed by atoms with E-state index in [1.54, 1.807) is 7.11 Å². The van der Waals surface area contributed by atoms with Gasteiger partial charge in [-0.3, -0.25) is 0 Å². The molecule has 0 saturated heterocycles. The molecule has 1 unspecified atom stereocenters. The summed E-state index contributed by atoms with van der Waals surface area (Å²) in [6, 6.07) is 8.18. The maximum absolute atomic E-state index is 9.06. The monoisotopic (exact) mass is 260 g/mol. The lowest BCUT2D eigenvalue weighted by Gasteiger charge is -2.17. The highest BCUT2D eigenvalue weighted by atomic mass is 16.5. The van der Waals surface area contributed by atoms with Gasteiger partial charge in [0.1, 0.15) is 11.8 Å². The Hall–Kier alpha value is -1.57. The van der Waals surface area contributed by atoms with Crippen LogP contribution in [0.25, 0.3) is 0 Å². The molecular formula is C15H20N2O2. The van der Waals surface area contributed by atoms with Gasteiger partial charge in [-0.05, 0) is 42.9 Å². The number of ether oxygens (including phenoxy) is 1. The third-order valence-electron chi connectivity index (χ3n) is 3.58. The molecule has 0 amide bonds. The lowest BCUT2D eigenvalue weighted by molar-refractivity contribution is 0.255. The van der Waals surface area contributed by atoms with Crippen LogP contribution in [0.3, 0.4) is 0 Å². The Labute approximate surface area is 114 Å². The van der Waals surface area contributed by atoms with Gasteiger partial charge in [0.25, 0.3) is 0 Å². The van der Waals surface area contributed by atoms with E-state index in [2.05, 4.69) is 11.4 Å². The number of methoxy groups -OCH3 is 1. The van der Waals surface area contributed by atoms with E-state index in [1.165, 1.54) is 12.8 Å². The van der Waals surface area contributed by atoms with Gasteiger partial charge in [-0.2, -0.15) is 5.26 Å². The van der Waals surface area contributed by atoms with Crippen molar-refractivity contribution in [2.45, 2.75) is 31.8 Å². The van der Waals surface area contributed by atoms with Crippen LogP contribution in [0.4, 0.5) is 0 Å². The Bertz CT molecular complexity index is 464. The van der Waals surface area contributed by atoms with E-state index in [4.69, 9.17) is 15.1 Å². The van der Waals surface area contributed by atoms with Gasteiger partial charge < -0.3 is 15.2 Å². The first-order valence-electron chi connectivity index (χ1n) is 6.69. The summed E-state index contributed by atoms with van der Waals surface area (Å²) in [5, 5.41) is 21.6. The molecule has 0 spiro atoms. The van der Waals surface area contributed by atoms with Crippen LogP contribution in [-0.4, -0.2) is 24.9 Å². The number of aliphatic hydroxyl groups is 1. The van der Waals surface area contributed by atoms with Crippen molar-refractivity contribution in [2.24, 2.45) is 5.92 Å². The molecule has 1 aromatic rings. The van der Waals surface area contributed by atoms with Crippen LogP contribution in [-0.2, 0) is 6.54 Å². The summed E-state index contributed by atoms with van der Waals surface area (Å²) in [6.07, 6.45) is 3.30. The molecule has 2 N–H and O–H groups in total. The molecule has 1 aliphatic rings. The molecule has 2 rings (SSSR count). The maximum atomic E-state index is 9.06. The zero-order chi connectivity index (χ0) is 13.7. The Kier molecular flexibility index (Phi) is 4.78. The van der Waals surface area contributed by atoms with Gasteiger partial charge in [-0.1, -0.05) is 6.07 Å². The van der Waals surface area contributed by atoms with Crippen molar-refractivity contribution in [3.8, 4) is 11.8 Å². The Morgan fingerprint density at radius 2 is 2.32 bits per heavy atom. The maximum Gasteiger partial charge on any atom is 0.136 e. The van der Waals surface area contributed by atoms with Crippen LogP contribution in [0.5, 0.6) is 5.75 Å². The second-order valence-electron chi connectivity index (χ2n) is 4.98. The minimum absolute atomic E-state index is 0.222. The Morgan fingerprint density at radius 1 is 1.53 bits per heavy atom. The average Bonchev–Trinajstić information content (AvgIpc) is 3.27. The molecule has 1 saturated carbocycles. The number of benzene rings is 1. The third kappa shape index (κ3) is 3.69. The lowest BCUT2D eigenvalue weighted by atomic mass is 10.1. The number of rotatable bonds is 7. The number of hydrogen-bond acceptors (Lipinski definition) is 4. The van der Waals surface area contributed by atoms with Gasteiger partial charge in [-0.15, -0.1) is 0 Å². The highest BCUT2D eigenvalue weighted by Gasteiger charge is 2.30. The fourth-order valence-corrected chi connectivity index (χ4v) is 2.34. The van der Waals surface area contributed by atoms with Gasteiger partial charge in [-0.25, -0.2) is 0 Å². The predicted molar refractivity (Wildman–Crippen MR) is 72.8 cm³/mol. The van der Waals surface area contributed by atoms with Crippen LogP contribution < -0.4 is 10.1 Å². The summed E-state index contributed by atoms with van der Waals surface area (Å²) in [4.78, 5) is 0. The van der Waals surface area contributed by atoms with Crippen molar-refractivity contribution in [2.75, 3.05) is 13.7 Å².